The number of phosphoric ester groups is 2. The summed E-state index contributed by atoms with van der Waals surface area (Å²) in [6.45, 7) is -1.65. The topological polar surface area (TPSA) is 268 Å². The van der Waals surface area contributed by atoms with Gasteiger partial charge in [0.15, 0.2) is 35.7 Å². The summed E-state index contributed by atoms with van der Waals surface area (Å²) >= 11 is 0. The maximum Gasteiger partial charge on any atom is 0.472 e. The second-order valence-corrected chi connectivity index (χ2v) is 13.4. The zero-order valence-corrected chi connectivity index (χ0v) is 24.8. The summed E-state index contributed by atoms with van der Waals surface area (Å²) in [7, 11) is -10.1. The molecule has 0 radical (unpaired) electrons. The lowest BCUT2D eigenvalue weighted by atomic mass is 10.1. The highest BCUT2D eigenvalue weighted by atomic mass is 31.2. The van der Waals surface area contributed by atoms with Gasteiger partial charge in [0.2, 0.25) is 5.78 Å². The number of hydrogen-bond acceptors (Lipinski definition) is 16. The number of nitrogens with zero attached hydrogens (tertiary/aromatic N) is 9. The van der Waals surface area contributed by atoms with E-state index in [1.165, 1.54) is 34.2 Å². The molecule has 5 aromatic heterocycles. The Hall–Kier alpha value is -3.53. The molecule has 0 amide bonds. The summed E-state index contributed by atoms with van der Waals surface area (Å²) in [6.07, 6.45) is -4.83. The first-order valence-corrected chi connectivity index (χ1v) is 16.5. The predicted octanol–water partition coefficient (Wildman–Crippen LogP) is 0.0129. The van der Waals surface area contributed by atoms with Gasteiger partial charge in [-0.3, -0.25) is 27.1 Å². The number of ether oxygens (including phenoxy) is 2. The van der Waals surface area contributed by atoms with Crippen LogP contribution in [0.25, 0.3) is 28.1 Å². The van der Waals surface area contributed by atoms with Gasteiger partial charge in [-0.05, 0) is 0 Å². The third-order valence-corrected chi connectivity index (χ3v) is 9.72. The van der Waals surface area contributed by atoms with Crippen LogP contribution in [0.1, 0.15) is 12.5 Å². The zero-order chi connectivity index (χ0) is 32.0. The first kappa shape index (κ1) is 29.8. The van der Waals surface area contributed by atoms with Crippen LogP contribution in [0.15, 0.2) is 37.6 Å². The Bertz CT molecular complexity index is 2060. The Morgan fingerprint density at radius 1 is 0.935 bits per heavy atom. The SMILES string of the molecule is Nc1ncnc2c1ncn2C1O[C@@H]2COP(=O)(O)O[C@H]3[C@@H](F)[C@H](n4cnc5nc6nccn6c5c4)O[C@@H]3COP(=O)(O)O[C@H]2[C@H]1O. The molecule has 3 fully saturated rings. The van der Waals surface area contributed by atoms with Crippen molar-refractivity contribution in [2.24, 2.45) is 0 Å². The molecule has 0 spiro atoms. The summed E-state index contributed by atoms with van der Waals surface area (Å²) in [4.78, 5) is 45.8. The van der Waals surface area contributed by atoms with Crippen molar-refractivity contribution in [3.63, 3.8) is 0 Å². The summed E-state index contributed by atoms with van der Waals surface area (Å²) in [6, 6.07) is 0. The van der Waals surface area contributed by atoms with Gasteiger partial charge in [-0.2, -0.15) is 4.98 Å². The van der Waals surface area contributed by atoms with Gasteiger partial charge in [0, 0.05) is 18.6 Å². The van der Waals surface area contributed by atoms with Crippen molar-refractivity contribution in [2.75, 3.05) is 18.9 Å². The zero-order valence-electron chi connectivity index (χ0n) is 23.0. The number of fused-ring (bicyclic) bond motifs is 6. The lowest BCUT2D eigenvalue weighted by molar-refractivity contribution is -0.0668. The molecule has 0 bridgehead atoms. The molecule has 3 aliphatic rings. The van der Waals surface area contributed by atoms with Gasteiger partial charge in [0.25, 0.3) is 0 Å². The number of aromatic nitrogens is 9. The quantitative estimate of drug-likeness (QED) is 0.178. The molecule has 3 aliphatic heterocycles. The monoisotopic (exact) mass is 684 g/mol. The van der Waals surface area contributed by atoms with Crippen LogP contribution in [0.3, 0.4) is 0 Å². The Labute approximate surface area is 254 Å². The van der Waals surface area contributed by atoms with Crippen LogP contribution in [0.5, 0.6) is 0 Å². The number of phosphoric acid groups is 2. The minimum Gasteiger partial charge on any atom is -0.386 e. The molecule has 0 saturated carbocycles. The lowest BCUT2D eigenvalue weighted by Crippen LogP contribution is -2.38. The Kier molecular flexibility index (Phi) is 6.98. The second-order valence-electron chi connectivity index (χ2n) is 10.6. The van der Waals surface area contributed by atoms with Gasteiger partial charge in [-0.15, -0.1) is 0 Å². The third kappa shape index (κ3) is 4.98. The van der Waals surface area contributed by atoms with E-state index in [-0.39, 0.29) is 17.0 Å². The molecule has 8 rings (SSSR count). The largest absolute Gasteiger partial charge is 0.472 e. The average Bonchev–Trinajstić information content (AvgIpc) is 3.82. The van der Waals surface area contributed by atoms with E-state index in [1.807, 2.05) is 0 Å². The number of anilines is 1. The molecule has 24 heteroatoms. The average molecular weight is 684 g/mol. The van der Waals surface area contributed by atoms with E-state index >= 15 is 4.39 Å². The summed E-state index contributed by atoms with van der Waals surface area (Å²) < 4.78 is 78.6. The fourth-order valence-corrected chi connectivity index (χ4v) is 7.56. The minimum absolute atomic E-state index is 0.0452. The van der Waals surface area contributed by atoms with E-state index in [4.69, 9.17) is 33.3 Å². The van der Waals surface area contributed by atoms with E-state index in [2.05, 4.69) is 29.9 Å². The lowest BCUT2D eigenvalue weighted by Gasteiger charge is -2.27. The highest BCUT2D eigenvalue weighted by Crippen LogP contribution is 2.54. The molecule has 8 heterocycles. The number of rotatable bonds is 2. The van der Waals surface area contributed by atoms with Gasteiger partial charge in [-0.1, -0.05) is 0 Å². The standard InChI is InChI=1S/C22H23FN10O11P2/c23-12-15-10(41-20(12)31-3-9-18(29-7-31)30-22-25-1-2-32(9)22)4-39-46(37,38)44-16-11(5-40-45(35,36)43-15)42-21(14(16)34)33-8-28-13-17(24)26-6-27-19(13)33/h1-3,6-8,10-12,14-16,20-21,34H,4-5H2,(H,35,36)(H,37,38)(H2,24,26,27)/t10-,11-,12-,14-,15-,16-,20-,21?/m1/s1. The van der Waals surface area contributed by atoms with Gasteiger partial charge < -0.3 is 34.7 Å². The number of hydrogen-bond donors (Lipinski definition) is 4. The van der Waals surface area contributed by atoms with E-state index < -0.39 is 78.0 Å². The molecule has 10 atom stereocenters. The number of imidazole rings is 3. The molecule has 0 aromatic carbocycles. The number of alkyl halides is 1. The van der Waals surface area contributed by atoms with Crippen LogP contribution >= 0.6 is 15.6 Å². The number of aliphatic hydroxyl groups is 1. The molecule has 3 saturated heterocycles. The highest BCUT2D eigenvalue weighted by Gasteiger charge is 2.54. The molecule has 21 nitrogen and oxygen atoms in total. The summed E-state index contributed by atoms with van der Waals surface area (Å²) in [5.74, 6) is 0.408. The summed E-state index contributed by atoms with van der Waals surface area (Å²) in [5.41, 5.74) is 6.95. The van der Waals surface area contributed by atoms with Gasteiger partial charge in [-0.25, -0.2) is 38.4 Å². The fourth-order valence-electron chi connectivity index (χ4n) is 5.64. The van der Waals surface area contributed by atoms with Gasteiger partial charge in [0.05, 0.1) is 25.9 Å². The van der Waals surface area contributed by atoms with Crippen molar-refractivity contribution in [1.29, 1.82) is 0 Å². The molecule has 3 unspecified atom stereocenters. The molecule has 46 heavy (non-hydrogen) atoms. The van der Waals surface area contributed by atoms with Crippen LogP contribution in [0, 0.1) is 0 Å². The maximum absolute atomic E-state index is 16.0. The first-order valence-electron chi connectivity index (χ1n) is 13.5. The molecular formula is C22H23FN10O11P2. The van der Waals surface area contributed by atoms with Crippen LogP contribution in [-0.2, 0) is 36.7 Å². The Morgan fingerprint density at radius 2 is 1.65 bits per heavy atom. The smallest absolute Gasteiger partial charge is 0.386 e. The van der Waals surface area contributed by atoms with Crippen molar-refractivity contribution >= 4 is 49.6 Å². The summed E-state index contributed by atoms with van der Waals surface area (Å²) in [5, 5.41) is 11.1. The van der Waals surface area contributed by atoms with Crippen molar-refractivity contribution in [2.45, 2.75) is 49.1 Å². The van der Waals surface area contributed by atoms with Crippen LogP contribution in [0.2, 0.25) is 0 Å². The molecule has 5 N–H and O–H groups in total. The maximum atomic E-state index is 16.0. The third-order valence-electron chi connectivity index (χ3n) is 7.75. The Balaban J connectivity index is 1.07. The second kappa shape index (κ2) is 10.8. The predicted molar refractivity (Wildman–Crippen MR) is 146 cm³/mol. The van der Waals surface area contributed by atoms with Crippen molar-refractivity contribution in [3.05, 3.63) is 37.6 Å². The number of nitrogens with two attached hydrogens (primary N) is 1. The highest BCUT2D eigenvalue weighted by molar-refractivity contribution is 7.47. The van der Waals surface area contributed by atoms with Crippen LogP contribution in [-0.4, -0.2) is 108 Å². The molecular weight excluding hydrogens is 661 g/mol. The molecule has 244 valence electrons. The van der Waals surface area contributed by atoms with Crippen LogP contribution < -0.4 is 5.73 Å². The molecule has 5 aromatic rings. The Morgan fingerprint density at radius 3 is 2.43 bits per heavy atom. The fraction of sp³-hybridized carbons (Fsp3) is 0.455. The minimum atomic E-state index is -5.07. The first-order chi connectivity index (χ1) is 22.0. The van der Waals surface area contributed by atoms with Crippen molar-refractivity contribution < 1.29 is 56.0 Å². The van der Waals surface area contributed by atoms with Crippen molar-refractivity contribution in [3.8, 4) is 0 Å². The van der Waals surface area contributed by atoms with E-state index in [1.54, 1.807) is 10.6 Å². The van der Waals surface area contributed by atoms with Crippen molar-refractivity contribution in [1.82, 2.24) is 43.4 Å². The normalized spacial score (nSPS) is 37.3. The van der Waals surface area contributed by atoms with E-state index in [0.29, 0.717) is 16.9 Å². The molecule has 0 aliphatic carbocycles. The van der Waals surface area contributed by atoms with E-state index in [0.717, 1.165) is 6.33 Å². The van der Waals surface area contributed by atoms with E-state index in [9.17, 15) is 24.0 Å². The number of halogens is 1. The van der Waals surface area contributed by atoms with Gasteiger partial charge >= 0.3 is 15.6 Å². The van der Waals surface area contributed by atoms with Gasteiger partial charge in [0.1, 0.15) is 47.9 Å². The van der Waals surface area contributed by atoms with Crippen LogP contribution in [0.4, 0.5) is 10.2 Å². The number of nitrogen functional groups attached to an aromatic ring is 1. The number of aliphatic hydroxyl groups excluding tert-OH is 1.